The van der Waals surface area contributed by atoms with Gasteiger partial charge in [-0.25, -0.2) is 0 Å². The summed E-state index contributed by atoms with van der Waals surface area (Å²) in [5.41, 5.74) is 0. The summed E-state index contributed by atoms with van der Waals surface area (Å²) in [5.74, 6) is 0.827. The molecule has 0 fully saturated rings. The monoisotopic (exact) mass is 124 g/mol. The Hall–Kier alpha value is 0.250. The molecule has 0 saturated carbocycles. The Morgan fingerprint density at radius 2 is 1.86 bits per heavy atom. The van der Waals surface area contributed by atoms with Crippen molar-refractivity contribution in [2.45, 2.75) is 26.2 Å². The summed E-state index contributed by atoms with van der Waals surface area (Å²) in [6, 6.07) is 0. The lowest BCUT2D eigenvalue weighted by Crippen LogP contribution is -1.70. The molecule has 0 saturated heterocycles. The van der Waals surface area contributed by atoms with Crippen LogP contribution in [0.15, 0.2) is 0 Å². The minimum atomic E-state index is 0. The third-order valence-electron chi connectivity index (χ3n) is 0.737. The van der Waals surface area contributed by atoms with Gasteiger partial charge in [0.05, 0.1) is 0 Å². The van der Waals surface area contributed by atoms with Crippen molar-refractivity contribution in [3.63, 3.8) is 0 Å². The summed E-state index contributed by atoms with van der Waals surface area (Å²) < 4.78 is 0. The fourth-order valence-electron chi connectivity index (χ4n) is 0.344. The van der Waals surface area contributed by atoms with Crippen molar-refractivity contribution < 1.29 is 5.48 Å². The molecule has 0 unspecified atom stereocenters. The van der Waals surface area contributed by atoms with E-state index in [1.165, 1.54) is 19.3 Å². The first-order chi connectivity index (χ1) is 2.91. The molecule has 2 N–H and O–H groups in total. The van der Waals surface area contributed by atoms with E-state index < -0.39 is 0 Å². The van der Waals surface area contributed by atoms with E-state index in [1.807, 2.05) is 0 Å². The van der Waals surface area contributed by atoms with Crippen molar-refractivity contribution in [2.24, 2.45) is 0 Å². The van der Waals surface area contributed by atoms with Crippen molar-refractivity contribution in [1.82, 2.24) is 0 Å². The van der Waals surface area contributed by atoms with Gasteiger partial charge in [-0.1, -0.05) is 19.8 Å². The van der Waals surface area contributed by atoms with Crippen LogP contribution in [0.1, 0.15) is 26.2 Å². The molecule has 7 heavy (non-hydrogen) atoms. The first-order valence-electron chi connectivity index (χ1n) is 2.47. The maximum atomic E-state index is 5.38. The largest absolute Gasteiger partial charge is 0.412 e. The molecule has 0 aliphatic heterocycles. The predicted molar refractivity (Wildman–Crippen MR) is 33.9 cm³/mol. The highest BCUT2D eigenvalue weighted by molar-refractivity contribution is 6.17. The lowest BCUT2D eigenvalue weighted by Gasteiger charge is -1.84. The van der Waals surface area contributed by atoms with Crippen LogP contribution >= 0.6 is 11.6 Å². The highest BCUT2D eigenvalue weighted by Gasteiger charge is 1.76. The van der Waals surface area contributed by atoms with E-state index in [-0.39, 0.29) is 5.48 Å². The van der Waals surface area contributed by atoms with E-state index >= 15 is 0 Å². The van der Waals surface area contributed by atoms with Gasteiger partial charge in [0.2, 0.25) is 0 Å². The van der Waals surface area contributed by atoms with Crippen molar-refractivity contribution >= 4 is 11.6 Å². The van der Waals surface area contributed by atoms with Gasteiger partial charge in [0.1, 0.15) is 0 Å². The van der Waals surface area contributed by atoms with Crippen LogP contribution in [0.4, 0.5) is 0 Å². The quantitative estimate of drug-likeness (QED) is 0.404. The van der Waals surface area contributed by atoms with Gasteiger partial charge < -0.3 is 5.48 Å². The molecule has 0 aliphatic rings. The molecule has 0 atom stereocenters. The van der Waals surface area contributed by atoms with E-state index in [0.29, 0.717) is 0 Å². The van der Waals surface area contributed by atoms with Crippen LogP contribution in [0.2, 0.25) is 0 Å². The Balaban J connectivity index is 0. The van der Waals surface area contributed by atoms with E-state index in [4.69, 9.17) is 11.6 Å². The van der Waals surface area contributed by atoms with Gasteiger partial charge in [0.25, 0.3) is 0 Å². The molecule has 0 aromatic rings. The Morgan fingerprint density at radius 3 is 2.00 bits per heavy atom. The molecule has 46 valence electrons. The number of hydrogen-bond donors (Lipinski definition) is 0. The maximum Gasteiger partial charge on any atom is 0.0223 e. The minimum Gasteiger partial charge on any atom is -0.412 e. The topological polar surface area (TPSA) is 31.5 Å². The van der Waals surface area contributed by atoms with E-state index in [1.54, 1.807) is 0 Å². The summed E-state index contributed by atoms with van der Waals surface area (Å²) in [5, 5.41) is 0. The lowest BCUT2D eigenvalue weighted by molar-refractivity contribution is 0.776. The van der Waals surface area contributed by atoms with Crippen LogP contribution in [0.5, 0.6) is 0 Å². The second-order valence-electron chi connectivity index (χ2n) is 1.40. The Bertz CT molecular complexity index is 20.0. The molecule has 0 amide bonds. The third kappa shape index (κ3) is 10.7. The summed E-state index contributed by atoms with van der Waals surface area (Å²) in [4.78, 5) is 0. The van der Waals surface area contributed by atoms with Gasteiger partial charge in [0, 0.05) is 5.88 Å². The number of rotatable bonds is 3. The maximum absolute atomic E-state index is 5.38. The molecular formula is C5H13ClO. The molecule has 0 rings (SSSR count). The summed E-state index contributed by atoms with van der Waals surface area (Å²) in [6.07, 6.45) is 3.73. The van der Waals surface area contributed by atoms with Crippen LogP contribution in [0, 0.1) is 0 Å². The molecular weight excluding hydrogens is 112 g/mol. The zero-order valence-electron chi connectivity index (χ0n) is 4.71. The number of alkyl halides is 1. The van der Waals surface area contributed by atoms with Crippen LogP contribution in [-0.4, -0.2) is 11.4 Å². The average molecular weight is 125 g/mol. The highest BCUT2D eigenvalue weighted by Crippen LogP contribution is 1.93. The van der Waals surface area contributed by atoms with Crippen molar-refractivity contribution in [1.29, 1.82) is 0 Å². The highest BCUT2D eigenvalue weighted by atomic mass is 35.5. The third-order valence-corrected chi connectivity index (χ3v) is 1.00. The van der Waals surface area contributed by atoms with Gasteiger partial charge in [-0.15, -0.1) is 11.6 Å². The van der Waals surface area contributed by atoms with Crippen LogP contribution in [-0.2, 0) is 0 Å². The fraction of sp³-hybridized carbons (Fsp3) is 1.00. The molecule has 0 spiro atoms. The molecule has 0 bridgehead atoms. The normalized spacial score (nSPS) is 7.71. The predicted octanol–water partition coefficient (Wildman–Crippen LogP) is 1.59. The van der Waals surface area contributed by atoms with E-state index in [2.05, 4.69) is 6.92 Å². The SMILES string of the molecule is CCCCCCl.O. The zero-order valence-corrected chi connectivity index (χ0v) is 5.46. The first kappa shape index (κ1) is 10.3. The lowest BCUT2D eigenvalue weighted by atomic mass is 10.3. The number of unbranched alkanes of at least 4 members (excludes halogenated alkanes) is 2. The van der Waals surface area contributed by atoms with Gasteiger partial charge in [-0.3, -0.25) is 0 Å². The fourth-order valence-corrected chi connectivity index (χ4v) is 0.533. The second-order valence-corrected chi connectivity index (χ2v) is 1.77. The number of halogens is 1. The molecule has 2 heteroatoms. The average Bonchev–Trinajstić information content (AvgIpc) is 1.61. The van der Waals surface area contributed by atoms with Crippen molar-refractivity contribution in [2.75, 3.05) is 5.88 Å². The minimum absolute atomic E-state index is 0. The van der Waals surface area contributed by atoms with Crippen LogP contribution < -0.4 is 0 Å². The van der Waals surface area contributed by atoms with Crippen molar-refractivity contribution in [3.8, 4) is 0 Å². The molecule has 0 radical (unpaired) electrons. The van der Waals surface area contributed by atoms with Crippen LogP contribution in [0.25, 0.3) is 0 Å². The first-order valence-corrected chi connectivity index (χ1v) is 3.01. The molecule has 1 nitrogen and oxygen atoms in total. The zero-order chi connectivity index (χ0) is 4.83. The van der Waals surface area contributed by atoms with E-state index in [0.717, 1.165) is 5.88 Å². The Kier molecular flexibility index (Phi) is 14.0. The summed E-state index contributed by atoms with van der Waals surface area (Å²) in [7, 11) is 0. The van der Waals surface area contributed by atoms with Gasteiger partial charge in [0.15, 0.2) is 0 Å². The number of hydrogen-bond acceptors (Lipinski definition) is 0. The molecule has 0 aliphatic carbocycles. The van der Waals surface area contributed by atoms with Crippen LogP contribution in [0.3, 0.4) is 0 Å². The summed E-state index contributed by atoms with van der Waals surface area (Å²) >= 11 is 5.38. The molecule has 0 aromatic heterocycles. The Morgan fingerprint density at radius 1 is 1.29 bits per heavy atom. The van der Waals surface area contributed by atoms with Gasteiger partial charge in [-0.05, 0) is 6.42 Å². The van der Waals surface area contributed by atoms with Crippen molar-refractivity contribution in [3.05, 3.63) is 0 Å². The molecule has 0 aromatic carbocycles. The summed E-state index contributed by atoms with van der Waals surface area (Å²) in [6.45, 7) is 2.17. The smallest absolute Gasteiger partial charge is 0.0223 e. The second kappa shape index (κ2) is 9.54. The van der Waals surface area contributed by atoms with E-state index in [9.17, 15) is 0 Å². The van der Waals surface area contributed by atoms with Gasteiger partial charge in [-0.2, -0.15) is 0 Å². The standard InChI is InChI=1S/C5H11Cl.H2O/c1-2-3-4-5-6;/h2-5H2,1H3;1H2. The molecule has 0 heterocycles. The van der Waals surface area contributed by atoms with Gasteiger partial charge >= 0.3 is 0 Å². The Labute approximate surface area is 50.0 Å².